The van der Waals surface area contributed by atoms with Gasteiger partial charge in [-0.25, -0.2) is 4.39 Å². The molecule has 2 nitrogen and oxygen atoms in total. The summed E-state index contributed by atoms with van der Waals surface area (Å²) in [5.74, 6) is -0.512. The van der Waals surface area contributed by atoms with Crippen molar-refractivity contribution >= 4 is 11.3 Å². The third-order valence-electron chi connectivity index (χ3n) is 2.62. The minimum atomic E-state index is -1.41. The standard InChI is InChI=1S/C13H10FNOS/c1-13(16,12-3-2-6-17-12)10-7-9(8-15)4-5-11(10)14/h2-7,16H,1H3. The molecule has 2 rings (SSSR count). The van der Waals surface area contributed by atoms with Crippen LogP contribution >= 0.6 is 11.3 Å². The molecule has 1 aromatic carbocycles. The molecule has 1 aromatic heterocycles. The highest BCUT2D eigenvalue weighted by atomic mass is 32.1. The topological polar surface area (TPSA) is 44.0 Å². The van der Waals surface area contributed by atoms with Gasteiger partial charge in [-0.15, -0.1) is 11.3 Å². The maximum atomic E-state index is 13.7. The van der Waals surface area contributed by atoms with Gasteiger partial charge in [-0.2, -0.15) is 5.26 Å². The Morgan fingerprint density at radius 3 is 2.76 bits per heavy atom. The van der Waals surface area contributed by atoms with Crippen molar-refractivity contribution in [3.05, 3.63) is 57.5 Å². The van der Waals surface area contributed by atoms with Gasteiger partial charge in [0.05, 0.1) is 11.6 Å². The van der Waals surface area contributed by atoms with Crippen LogP contribution in [0.4, 0.5) is 4.39 Å². The molecule has 0 fully saturated rings. The van der Waals surface area contributed by atoms with Gasteiger partial charge in [0, 0.05) is 10.4 Å². The second-order valence-electron chi connectivity index (χ2n) is 3.86. The van der Waals surface area contributed by atoms with Gasteiger partial charge in [-0.1, -0.05) is 6.07 Å². The number of benzene rings is 1. The number of nitrogens with zero attached hydrogens (tertiary/aromatic N) is 1. The molecular weight excluding hydrogens is 237 g/mol. The molecule has 2 aromatic rings. The lowest BCUT2D eigenvalue weighted by Gasteiger charge is -2.23. The van der Waals surface area contributed by atoms with E-state index in [1.165, 1.54) is 36.5 Å². The van der Waals surface area contributed by atoms with Crippen LogP contribution in [0.3, 0.4) is 0 Å². The van der Waals surface area contributed by atoms with Crippen molar-refractivity contribution in [3.63, 3.8) is 0 Å². The molecule has 86 valence electrons. The molecule has 4 heteroatoms. The molecule has 0 saturated carbocycles. The third kappa shape index (κ3) is 2.07. The van der Waals surface area contributed by atoms with Crippen molar-refractivity contribution < 1.29 is 9.50 Å². The normalized spacial score (nSPS) is 14.0. The summed E-state index contributed by atoms with van der Waals surface area (Å²) in [7, 11) is 0. The predicted molar refractivity (Wildman–Crippen MR) is 64.1 cm³/mol. The molecule has 1 atom stereocenters. The molecule has 0 amide bonds. The van der Waals surface area contributed by atoms with E-state index in [2.05, 4.69) is 0 Å². The van der Waals surface area contributed by atoms with Gasteiger partial charge < -0.3 is 5.11 Å². The van der Waals surface area contributed by atoms with E-state index in [-0.39, 0.29) is 5.56 Å². The zero-order chi connectivity index (χ0) is 12.5. The van der Waals surface area contributed by atoms with Gasteiger partial charge in [0.2, 0.25) is 0 Å². The molecular formula is C13H10FNOS. The lowest BCUT2D eigenvalue weighted by molar-refractivity contribution is 0.102. The number of aliphatic hydroxyl groups is 1. The van der Waals surface area contributed by atoms with E-state index in [9.17, 15) is 9.50 Å². The maximum Gasteiger partial charge on any atom is 0.129 e. The molecule has 0 saturated heterocycles. The summed E-state index contributed by atoms with van der Waals surface area (Å²) in [6.45, 7) is 1.53. The Labute approximate surface area is 103 Å². The van der Waals surface area contributed by atoms with Gasteiger partial charge in [0.15, 0.2) is 0 Å². The number of halogens is 1. The quantitative estimate of drug-likeness (QED) is 0.886. The average Bonchev–Trinajstić information content (AvgIpc) is 2.83. The fraction of sp³-hybridized carbons (Fsp3) is 0.154. The van der Waals surface area contributed by atoms with Crippen molar-refractivity contribution in [1.82, 2.24) is 0 Å². The SMILES string of the molecule is CC(O)(c1cccs1)c1cc(C#N)ccc1F. The molecule has 0 aliphatic carbocycles. The number of hydrogen-bond acceptors (Lipinski definition) is 3. The Hall–Kier alpha value is -1.70. The Morgan fingerprint density at radius 1 is 1.41 bits per heavy atom. The largest absolute Gasteiger partial charge is 0.380 e. The van der Waals surface area contributed by atoms with Gasteiger partial charge in [0.1, 0.15) is 11.4 Å². The molecule has 0 radical (unpaired) electrons. The van der Waals surface area contributed by atoms with E-state index in [0.29, 0.717) is 10.4 Å². The second kappa shape index (κ2) is 4.28. The lowest BCUT2D eigenvalue weighted by atomic mass is 9.92. The fourth-order valence-corrected chi connectivity index (χ4v) is 2.46. The summed E-state index contributed by atoms with van der Waals surface area (Å²) < 4.78 is 13.7. The zero-order valence-corrected chi connectivity index (χ0v) is 9.96. The van der Waals surface area contributed by atoms with Gasteiger partial charge >= 0.3 is 0 Å². The number of thiophene rings is 1. The highest BCUT2D eigenvalue weighted by Gasteiger charge is 2.30. The lowest BCUT2D eigenvalue weighted by Crippen LogP contribution is -2.23. The van der Waals surface area contributed by atoms with Gasteiger partial charge in [0.25, 0.3) is 0 Å². The van der Waals surface area contributed by atoms with Crippen LogP contribution in [-0.4, -0.2) is 5.11 Å². The minimum absolute atomic E-state index is 0.124. The molecule has 1 N–H and O–H groups in total. The van der Waals surface area contributed by atoms with E-state index in [4.69, 9.17) is 5.26 Å². The highest BCUT2D eigenvalue weighted by molar-refractivity contribution is 7.10. The van der Waals surface area contributed by atoms with Crippen LogP contribution in [0.1, 0.15) is 22.9 Å². The summed E-state index contributed by atoms with van der Waals surface area (Å²) >= 11 is 1.35. The highest BCUT2D eigenvalue weighted by Crippen LogP contribution is 2.34. The van der Waals surface area contributed by atoms with Crippen molar-refractivity contribution in [2.45, 2.75) is 12.5 Å². The van der Waals surface area contributed by atoms with Gasteiger partial charge in [-0.05, 0) is 36.6 Å². The Kier molecular flexibility index (Phi) is 2.97. The smallest absolute Gasteiger partial charge is 0.129 e. The van der Waals surface area contributed by atoms with Crippen molar-refractivity contribution in [2.24, 2.45) is 0 Å². The van der Waals surface area contributed by atoms with E-state index >= 15 is 0 Å². The zero-order valence-electron chi connectivity index (χ0n) is 9.14. The summed E-state index contributed by atoms with van der Waals surface area (Å²) in [5, 5.41) is 21.0. The number of nitriles is 1. The summed E-state index contributed by atoms with van der Waals surface area (Å²) in [5.41, 5.74) is -0.956. The Balaban J connectivity index is 2.57. The van der Waals surface area contributed by atoms with E-state index in [1.54, 1.807) is 12.1 Å². The van der Waals surface area contributed by atoms with Crippen molar-refractivity contribution in [1.29, 1.82) is 5.26 Å². The molecule has 1 heterocycles. The van der Waals surface area contributed by atoms with Crippen molar-refractivity contribution in [3.8, 4) is 6.07 Å². The number of hydrogen-bond donors (Lipinski definition) is 1. The summed E-state index contributed by atoms with van der Waals surface area (Å²) in [6.07, 6.45) is 0. The van der Waals surface area contributed by atoms with Crippen LogP contribution in [0, 0.1) is 17.1 Å². The molecule has 0 aliphatic heterocycles. The minimum Gasteiger partial charge on any atom is -0.380 e. The predicted octanol–water partition coefficient (Wildman–Crippen LogP) is 3.01. The molecule has 1 unspecified atom stereocenters. The van der Waals surface area contributed by atoms with Crippen LogP contribution in [0.2, 0.25) is 0 Å². The van der Waals surface area contributed by atoms with Crippen LogP contribution < -0.4 is 0 Å². The van der Waals surface area contributed by atoms with Crippen LogP contribution in [0.25, 0.3) is 0 Å². The maximum absolute atomic E-state index is 13.7. The first kappa shape index (κ1) is 11.8. The van der Waals surface area contributed by atoms with Crippen LogP contribution in [0.5, 0.6) is 0 Å². The molecule has 17 heavy (non-hydrogen) atoms. The summed E-state index contributed by atoms with van der Waals surface area (Å²) in [4.78, 5) is 0.645. The van der Waals surface area contributed by atoms with Crippen LogP contribution in [0.15, 0.2) is 35.7 Å². The van der Waals surface area contributed by atoms with Crippen LogP contribution in [-0.2, 0) is 5.60 Å². The molecule has 0 spiro atoms. The van der Waals surface area contributed by atoms with E-state index in [1.807, 2.05) is 11.4 Å². The first-order valence-corrected chi connectivity index (χ1v) is 5.90. The third-order valence-corrected chi connectivity index (χ3v) is 3.70. The monoisotopic (exact) mass is 247 g/mol. The average molecular weight is 247 g/mol. The first-order chi connectivity index (χ1) is 8.05. The number of rotatable bonds is 2. The Morgan fingerprint density at radius 2 is 2.18 bits per heavy atom. The van der Waals surface area contributed by atoms with Gasteiger partial charge in [-0.3, -0.25) is 0 Å². The fourth-order valence-electron chi connectivity index (χ4n) is 1.66. The van der Waals surface area contributed by atoms with Crippen molar-refractivity contribution in [2.75, 3.05) is 0 Å². The molecule has 0 aliphatic rings. The van der Waals surface area contributed by atoms with E-state index in [0.717, 1.165) is 0 Å². The van der Waals surface area contributed by atoms with E-state index < -0.39 is 11.4 Å². The first-order valence-electron chi connectivity index (χ1n) is 5.02. The molecule has 0 bridgehead atoms. The second-order valence-corrected chi connectivity index (χ2v) is 4.80. The Bertz CT molecular complexity index is 570. The summed E-state index contributed by atoms with van der Waals surface area (Å²) in [6, 6.07) is 9.45.